The van der Waals surface area contributed by atoms with Crippen molar-refractivity contribution in [2.24, 2.45) is 4.99 Å². The monoisotopic (exact) mass is 568 g/mol. The minimum atomic E-state index is -2.03. The van der Waals surface area contributed by atoms with Crippen LogP contribution in [0, 0.1) is 0 Å². The van der Waals surface area contributed by atoms with E-state index in [1.165, 1.54) is 13.1 Å². The lowest BCUT2D eigenvalue weighted by atomic mass is 10.3. The number of amidine groups is 1. The van der Waals surface area contributed by atoms with E-state index in [0.717, 1.165) is 9.80 Å². The van der Waals surface area contributed by atoms with E-state index in [0.29, 0.717) is 27.0 Å². The summed E-state index contributed by atoms with van der Waals surface area (Å²) >= 11 is 29.3. The second kappa shape index (κ2) is 10.5. The first-order valence-corrected chi connectivity index (χ1v) is 12.6. The fourth-order valence-electron chi connectivity index (χ4n) is 2.91. The SMILES string of the molecule is CC[S+]([O-])c1cccc(N2C(=O)N(C)C(=O)C2=NC(Nc2ccc(Cl)cc2Cl)C(Cl)(Cl)Cl)c1. The number of halogens is 5. The smallest absolute Gasteiger partial charge is 0.337 e. The predicted molar refractivity (Wildman–Crippen MR) is 136 cm³/mol. The van der Waals surface area contributed by atoms with Crippen LogP contribution < -0.4 is 10.2 Å². The number of amides is 3. The molecule has 2 aromatic carbocycles. The average molecular weight is 571 g/mol. The second-order valence-corrected chi connectivity index (χ2v) is 11.7. The van der Waals surface area contributed by atoms with Crippen LogP contribution in [0.15, 0.2) is 52.4 Å². The van der Waals surface area contributed by atoms with E-state index in [-0.39, 0.29) is 10.9 Å². The van der Waals surface area contributed by atoms with Crippen LogP contribution in [0.25, 0.3) is 0 Å². The molecule has 1 aliphatic heterocycles. The van der Waals surface area contributed by atoms with Crippen molar-refractivity contribution in [3.63, 3.8) is 0 Å². The molecule has 33 heavy (non-hydrogen) atoms. The van der Waals surface area contributed by atoms with Crippen LogP contribution in [0.3, 0.4) is 0 Å². The molecule has 2 aromatic rings. The molecule has 0 saturated carbocycles. The van der Waals surface area contributed by atoms with E-state index in [1.54, 1.807) is 43.3 Å². The third-order valence-corrected chi connectivity index (χ3v) is 7.04. The van der Waals surface area contributed by atoms with E-state index in [1.807, 2.05) is 0 Å². The van der Waals surface area contributed by atoms with E-state index in [4.69, 9.17) is 58.0 Å². The molecule has 0 aliphatic carbocycles. The molecular formula is C20H17Cl5N4O3S. The number of anilines is 2. The number of hydrogen-bond acceptors (Lipinski definition) is 5. The molecule has 1 fully saturated rings. The van der Waals surface area contributed by atoms with E-state index < -0.39 is 33.1 Å². The standard InChI is InChI=1S/C20H17Cl5N4O3S/c1-3-33(32)13-6-4-5-12(10-13)29-16(17(30)28(2)19(29)31)27-18(20(23,24)25)26-15-8-7-11(21)9-14(15)22/h4-10,18,26H,3H2,1-2H3. The summed E-state index contributed by atoms with van der Waals surface area (Å²) in [5, 5.41) is 3.51. The highest BCUT2D eigenvalue weighted by atomic mass is 35.6. The Hall–Kier alpha value is -1.39. The van der Waals surface area contributed by atoms with Crippen LogP contribution in [0.4, 0.5) is 16.2 Å². The van der Waals surface area contributed by atoms with Gasteiger partial charge in [-0.1, -0.05) is 64.1 Å². The number of rotatable bonds is 6. The first-order valence-electron chi connectivity index (χ1n) is 9.40. The highest BCUT2D eigenvalue weighted by molar-refractivity contribution is 7.91. The lowest BCUT2D eigenvalue weighted by Gasteiger charge is -2.25. The van der Waals surface area contributed by atoms with Crippen LogP contribution in [-0.4, -0.2) is 50.0 Å². The maximum absolute atomic E-state index is 12.9. The van der Waals surface area contributed by atoms with Gasteiger partial charge >= 0.3 is 6.03 Å². The van der Waals surface area contributed by atoms with E-state index >= 15 is 0 Å². The molecule has 0 bridgehead atoms. The Balaban J connectivity index is 2.07. The second-order valence-electron chi connectivity index (χ2n) is 6.78. The third kappa shape index (κ3) is 5.82. The zero-order chi connectivity index (χ0) is 24.5. The van der Waals surface area contributed by atoms with Crippen LogP contribution in [0.5, 0.6) is 0 Å². The number of carbonyl (C=O) groups is 2. The molecule has 1 N–H and O–H groups in total. The number of nitrogens with zero attached hydrogens (tertiary/aromatic N) is 3. The third-order valence-electron chi connectivity index (χ3n) is 4.57. The van der Waals surface area contributed by atoms with Crippen LogP contribution >= 0.6 is 58.0 Å². The van der Waals surface area contributed by atoms with Gasteiger partial charge in [0.25, 0.3) is 5.91 Å². The fourth-order valence-corrected chi connectivity index (χ4v) is 4.50. The van der Waals surface area contributed by atoms with Gasteiger partial charge < -0.3 is 9.87 Å². The molecule has 2 unspecified atom stereocenters. The zero-order valence-corrected chi connectivity index (χ0v) is 21.8. The van der Waals surface area contributed by atoms with E-state index in [9.17, 15) is 14.1 Å². The molecule has 1 saturated heterocycles. The van der Waals surface area contributed by atoms with Crippen LogP contribution in [0.1, 0.15) is 6.92 Å². The first-order chi connectivity index (χ1) is 15.4. The Morgan fingerprint density at radius 3 is 2.45 bits per heavy atom. The molecule has 176 valence electrons. The summed E-state index contributed by atoms with van der Waals surface area (Å²) in [6, 6.07) is 10.4. The van der Waals surface area contributed by atoms with Crippen molar-refractivity contribution in [2.45, 2.75) is 21.8 Å². The van der Waals surface area contributed by atoms with Gasteiger partial charge in [-0.15, -0.1) is 0 Å². The van der Waals surface area contributed by atoms with Gasteiger partial charge in [0.15, 0.2) is 11.1 Å². The fraction of sp³-hybridized carbons (Fsp3) is 0.250. The van der Waals surface area contributed by atoms with Gasteiger partial charge in [0.2, 0.25) is 9.63 Å². The minimum Gasteiger partial charge on any atom is -0.611 e. The van der Waals surface area contributed by atoms with Gasteiger partial charge in [-0.2, -0.15) is 0 Å². The summed E-state index contributed by atoms with van der Waals surface area (Å²) in [7, 11) is 1.31. The van der Waals surface area contributed by atoms with Crippen LogP contribution in [0.2, 0.25) is 10.0 Å². The number of urea groups is 1. The molecule has 7 nitrogen and oxygen atoms in total. The molecule has 2 atom stereocenters. The molecule has 0 spiro atoms. The summed E-state index contributed by atoms with van der Waals surface area (Å²) in [4.78, 5) is 32.5. The van der Waals surface area contributed by atoms with Crippen molar-refractivity contribution < 1.29 is 14.1 Å². The Bertz CT molecular complexity index is 1110. The van der Waals surface area contributed by atoms with Crippen molar-refractivity contribution in [3.05, 3.63) is 52.5 Å². The molecule has 1 heterocycles. The summed E-state index contributed by atoms with van der Waals surface area (Å²) in [5.41, 5.74) is 0.641. The Morgan fingerprint density at radius 1 is 1.15 bits per heavy atom. The highest BCUT2D eigenvalue weighted by Gasteiger charge is 2.44. The molecule has 3 rings (SSSR count). The lowest BCUT2D eigenvalue weighted by molar-refractivity contribution is -0.119. The molecule has 0 aromatic heterocycles. The Labute approximate surface area is 218 Å². The topological polar surface area (TPSA) is 88.1 Å². The van der Waals surface area contributed by atoms with Gasteiger partial charge in [-0.25, -0.2) is 14.7 Å². The molecule has 13 heteroatoms. The normalized spacial score (nSPS) is 17.6. The van der Waals surface area contributed by atoms with Crippen LogP contribution in [-0.2, 0) is 16.0 Å². The summed E-state index contributed by atoms with van der Waals surface area (Å²) in [6.45, 7) is 1.77. The van der Waals surface area contributed by atoms with Crippen molar-refractivity contribution in [1.29, 1.82) is 0 Å². The summed E-state index contributed by atoms with van der Waals surface area (Å²) in [6.07, 6.45) is -1.31. The Morgan fingerprint density at radius 2 is 1.85 bits per heavy atom. The summed E-state index contributed by atoms with van der Waals surface area (Å²) in [5.74, 6) is -0.598. The zero-order valence-electron chi connectivity index (χ0n) is 17.2. The number of nitrogens with one attached hydrogen (secondary N) is 1. The Kier molecular flexibility index (Phi) is 8.32. The maximum atomic E-state index is 12.9. The maximum Gasteiger partial charge on any atom is 0.337 e. The van der Waals surface area contributed by atoms with E-state index in [2.05, 4.69) is 10.3 Å². The van der Waals surface area contributed by atoms with Gasteiger partial charge in [0, 0.05) is 18.1 Å². The summed E-state index contributed by atoms with van der Waals surface area (Å²) < 4.78 is 10.2. The average Bonchev–Trinajstić information content (AvgIpc) is 2.97. The van der Waals surface area contributed by atoms with Gasteiger partial charge in [-0.3, -0.25) is 9.69 Å². The molecular weight excluding hydrogens is 554 g/mol. The molecule has 0 radical (unpaired) electrons. The molecule has 1 aliphatic rings. The number of alkyl halides is 3. The van der Waals surface area contributed by atoms with Gasteiger partial charge in [0.05, 0.1) is 16.4 Å². The number of likely N-dealkylation sites (N-methyl/N-ethyl adjacent to an activating group) is 1. The van der Waals surface area contributed by atoms with Crippen molar-refractivity contribution in [1.82, 2.24) is 4.90 Å². The van der Waals surface area contributed by atoms with Gasteiger partial charge in [-0.05, 0) is 48.4 Å². The van der Waals surface area contributed by atoms with Gasteiger partial charge in [0.1, 0.15) is 5.75 Å². The quantitative estimate of drug-likeness (QED) is 0.273. The number of imide groups is 1. The number of aliphatic imine (C=N–C) groups is 1. The largest absolute Gasteiger partial charge is 0.611 e. The highest BCUT2D eigenvalue weighted by Crippen LogP contribution is 2.36. The van der Waals surface area contributed by atoms with Crippen molar-refractivity contribution >= 4 is 98.3 Å². The number of carbonyl (C=O) groups excluding carboxylic acids is 2. The number of benzene rings is 2. The lowest BCUT2D eigenvalue weighted by Crippen LogP contribution is -2.38. The predicted octanol–water partition coefficient (Wildman–Crippen LogP) is 5.73. The van der Waals surface area contributed by atoms with Crippen molar-refractivity contribution in [3.8, 4) is 0 Å². The molecule has 3 amide bonds. The van der Waals surface area contributed by atoms with Crippen molar-refractivity contribution in [2.75, 3.05) is 23.0 Å². The number of hydrogen-bond donors (Lipinski definition) is 1. The first kappa shape index (κ1) is 26.2. The minimum absolute atomic E-state index is 0.236.